The third kappa shape index (κ3) is 4.28. The first-order valence-electron chi connectivity index (χ1n) is 12.7. The number of anilines is 2. The van der Waals surface area contributed by atoms with Crippen molar-refractivity contribution in [2.75, 3.05) is 5.32 Å². The number of para-hydroxylation sites is 2. The molecule has 8 nitrogen and oxygen atoms in total. The summed E-state index contributed by atoms with van der Waals surface area (Å²) in [5.74, 6) is 0.0233. The van der Waals surface area contributed by atoms with Crippen LogP contribution >= 0.6 is 11.3 Å². The zero-order chi connectivity index (χ0) is 27.1. The molecule has 3 heterocycles. The number of fused-ring (bicyclic) bond motifs is 2. The molecule has 0 saturated carbocycles. The van der Waals surface area contributed by atoms with E-state index in [9.17, 15) is 10.1 Å². The van der Waals surface area contributed by atoms with Crippen molar-refractivity contribution in [1.82, 2.24) is 20.2 Å². The predicted molar refractivity (Wildman–Crippen MR) is 159 cm³/mol. The summed E-state index contributed by atoms with van der Waals surface area (Å²) in [5, 5.41) is 26.5. The first-order valence-corrected chi connectivity index (χ1v) is 13.5. The number of nitro groups is 1. The normalized spacial score (nSPS) is 11.4. The molecule has 40 heavy (non-hydrogen) atoms. The second kappa shape index (κ2) is 9.79. The van der Waals surface area contributed by atoms with Crippen molar-refractivity contribution in [1.29, 1.82) is 0 Å². The van der Waals surface area contributed by atoms with Crippen molar-refractivity contribution in [3.8, 4) is 10.6 Å². The van der Waals surface area contributed by atoms with Crippen LogP contribution in [0.5, 0.6) is 0 Å². The zero-order valence-corrected chi connectivity index (χ0v) is 21.9. The van der Waals surface area contributed by atoms with Gasteiger partial charge in [0.2, 0.25) is 5.13 Å². The van der Waals surface area contributed by atoms with Gasteiger partial charge in [-0.05, 0) is 41.0 Å². The highest BCUT2D eigenvalue weighted by Gasteiger charge is 2.23. The summed E-state index contributed by atoms with van der Waals surface area (Å²) in [6.07, 6.45) is 4.23. The third-order valence-corrected chi connectivity index (χ3v) is 8.00. The lowest BCUT2D eigenvalue weighted by Crippen LogP contribution is -2.02. The minimum atomic E-state index is -0.419. The second-order valence-corrected chi connectivity index (χ2v) is 10.5. The van der Waals surface area contributed by atoms with Gasteiger partial charge in [-0.25, -0.2) is 0 Å². The third-order valence-electron chi connectivity index (χ3n) is 7.11. The summed E-state index contributed by atoms with van der Waals surface area (Å²) >= 11 is 1.43. The molecule has 9 heteroatoms. The van der Waals surface area contributed by atoms with Crippen molar-refractivity contribution in [2.24, 2.45) is 0 Å². The largest absolute Gasteiger partial charge is 0.361 e. The standard InChI is InChI=1S/C31H22N6O2S/c38-37(39)22-15-13-21(14-16-22)34-31-36-35-30(40-31)20-11-9-19(10-12-20)29(25-17-32-27-7-3-1-5-23(25)27)26-18-33-28-8-4-2-6-24(26)28/h1-18,29,32-33H,(H,34,36). The summed E-state index contributed by atoms with van der Waals surface area (Å²) in [6, 6.07) is 31.5. The van der Waals surface area contributed by atoms with Gasteiger partial charge in [0, 0.05) is 63.5 Å². The highest BCUT2D eigenvalue weighted by atomic mass is 32.1. The first kappa shape index (κ1) is 23.8. The van der Waals surface area contributed by atoms with E-state index in [1.165, 1.54) is 50.9 Å². The summed E-state index contributed by atoms with van der Waals surface area (Å²) < 4.78 is 0. The summed E-state index contributed by atoms with van der Waals surface area (Å²) in [7, 11) is 0. The van der Waals surface area contributed by atoms with Crippen LogP contribution in [0.4, 0.5) is 16.5 Å². The number of aromatic nitrogens is 4. The van der Waals surface area contributed by atoms with Crippen LogP contribution in [-0.4, -0.2) is 25.1 Å². The molecular formula is C31H22N6O2S. The Kier molecular flexibility index (Phi) is 5.83. The highest BCUT2D eigenvalue weighted by molar-refractivity contribution is 7.18. The molecule has 0 unspecified atom stereocenters. The number of rotatable bonds is 7. The number of H-pyrrole nitrogens is 2. The lowest BCUT2D eigenvalue weighted by atomic mass is 9.84. The van der Waals surface area contributed by atoms with Crippen LogP contribution in [0.25, 0.3) is 32.4 Å². The molecule has 3 aromatic heterocycles. The Labute approximate surface area is 232 Å². The van der Waals surface area contributed by atoms with Gasteiger partial charge >= 0.3 is 0 Å². The molecule has 0 aliphatic heterocycles. The lowest BCUT2D eigenvalue weighted by Gasteiger charge is -2.18. The smallest absolute Gasteiger partial charge is 0.269 e. The average Bonchev–Trinajstić information content (AvgIpc) is 3.74. The Morgan fingerprint density at radius 3 is 1.95 bits per heavy atom. The van der Waals surface area contributed by atoms with Gasteiger partial charge in [-0.2, -0.15) is 0 Å². The van der Waals surface area contributed by atoms with E-state index in [0.717, 1.165) is 21.6 Å². The van der Waals surface area contributed by atoms with Crippen molar-refractivity contribution in [3.63, 3.8) is 0 Å². The van der Waals surface area contributed by atoms with Crippen molar-refractivity contribution in [3.05, 3.63) is 136 Å². The van der Waals surface area contributed by atoms with Gasteiger partial charge in [0.05, 0.1) is 4.92 Å². The van der Waals surface area contributed by atoms with Gasteiger partial charge in [-0.3, -0.25) is 10.1 Å². The number of nitro benzene ring substituents is 1. The molecule has 0 spiro atoms. The molecule has 194 valence electrons. The Morgan fingerprint density at radius 1 is 0.750 bits per heavy atom. The number of hydrogen-bond acceptors (Lipinski definition) is 6. The Balaban J connectivity index is 1.22. The molecular weight excluding hydrogens is 520 g/mol. The molecule has 0 bridgehead atoms. The van der Waals surface area contributed by atoms with Crippen molar-refractivity contribution < 1.29 is 4.92 Å². The Morgan fingerprint density at radius 2 is 1.35 bits per heavy atom. The molecule has 0 radical (unpaired) electrons. The minimum Gasteiger partial charge on any atom is -0.361 e. The van der Waals surface area contributed by atoms with Gasteiger partial charge in [0.1, 0.15) is 5.01 Å². The van der Waals surface area contributed by atoms with E-state index in [1.807, 2.05) is 12.1 Å². The number of non-ortho nitro benzene ring substituents is 1. The average molecular weight is 543 g/mol. The molecule has 7 aromatic rings. The highest BCUT2D eigenvalue weighted by Crippen LogP contribution is 2.40. The fourth-order valence-corrected chi connectivity index (χ4v) is 5.96. The lowest BCUT2D eigenvalue weighted by molar-refractivity contribution is -0.384. The van der Waals surface area contributed by atoms with E-state index >= 15 is 0 Å². The van der Waals surface area contributed by atoms with Crippen molar-refractivity contribution >= 4 is 49.6 Å². The molecule has 3 N–H and O–H groups in total. The van der Waals surface area contributed by atoms with E-state index in [4.69, 9.17) is 0 Å². The molecule has 0 fully saturated rings. The van der Waals surface area contributed by atoms with Gasteiger partial charge in [-0.1, -0.05) is 72.0 Å². The number of aromatic amines is 2. The molecule has 0 saturated heterocycles. The number of nitrogens with zero attached hydrogens (tertiary/aromatic N) is 3. The van der Waals surface area contributed by atoms with Crippen LogP contribution in [-0.2, 0) is 0 Å². The topological polar surface area (TPSA) is 113 Å². The minimum absolute atomic E-state index is 0.0233. The molecule has 7 rings (SSSR count). The molecule has 0 aliphatic rings. The van der Waals surface area contributed by atoms with Crippen molar-refractivity contribution in [2.45, 2.75) is 5.92 Å². The van der Waals surface area contributed by atoms with Crippen LogP contribution in [0.3, 0.4) is 0 Å². The first-order chi connectivity index (χ1) is 19.6. The maximum Gasteiger partial charge on any atom is 0.269 e. The Hall–Kier alpha value is -5.28. The van der Waals surface area contributed by atoms with E-state index in [1.54, 1.807) is 12.1 Å². The molecule has 0 aliphatic carbocycles. The summed E-state index contributed by atoms with van der Waals surface area (Å²) in [6.45, 7) is 0. The van der Waals surface area contributed by atoms with Gasteiger partial charge in [0.25, 0.3) is 5.69 Å². The fourth-order valence-electron chi connectivity index (χ4n) is 5.19. The quantitative estimate of drug-likeness (QED) is 0.140. The van der Waals surface area contributed by atoms with Crippen LogP contribution in [0.2, 0.25) is 0 Å². The SMILES string of the molecule is O=[N+]([O-])c1ccc(Nc2nnc(-c3ccc(C(c4c[nH]c5ccccc45)c4c[nH]c5ccccc45)cc3)s2)cc1. The number of hydrogen-bond donors (Lipinski definition) is 3. The van der Waals surface area contributed by atoms with Crippen LogP contribution in [0, 0.1) is 10.1 Å². The monoisotopic (exact) mass is 542 g/mol. The van der Waals surface area contributed by atoms with E-state index in [0.29, 0.717) is 10.8 Å². The maximum atomic E-state index is 10.9. The van der Waals surface area contributed by atoms with Gasteiger partial charge in [-0.15, -0.1) is 10.2 Å². The molecule has 4 aromatic carbocycles. The summed E-state index contributed by atoms with van der Waals surface area (Å²) in [5.41, 5.74) is 7.56. The number of benzene rings is 4. The predicted octanol–water partition coefficient (Wildman–Crippen LogP) is 8.00. The summed E-state index contributed by atoms with van der Waals surface area (Å²) in [4.78, 5) is 17.4. The fraction of sp³-hybridized carbons (Fsp3) is 0.0323. The van der Waals surface area contributed by atoms with E-state index in [2.05, 4.69) is 98.5 Å². The zero-order valence-electron chi connectivity index (χ0n) is 21.0. The van der Waals surface area contributed by atoms with Crippen LogP contribution in [0.1, 0.15) is 22.6 Å². The van der Waals surface area contributed by atoms with Crippen LogP contribution < -0.4 is 5.32 Å². The Bertz CT molecular complexity index is 1900. The van der Waals surface area contributed by atoms with E-state index in [-0.39, 0.29) is 11.6 Å². The number of nitrogens with one attached hydrogen (secondary N) is 3. The molecule has 0 atom stereocenters. The maximum absolute atomic E-state index is 10.9. The van der Waals surface area contributed by atoms with Gasteiger partial charge in [0.15, 0.2) is 0 Å². The van der Waals surface area contributed by atoms with E-state index < -0.39 is 4.92 Å². The van der Waals surface area contributed by atoms with Crippen LogP contribution in [0.15, 0.2) is 109 Å². The second-order valence-electron chi connectivity index (χ2n) is 9.48. The van der Waals surface area contributed by atoms with Gasteiger partial charge < -0.3 is 15.3 Å². The molecule has 0 amide bonds.